The molecule has 1 aromatic heterocycles. The van der Waals surface area contributed by atoms with E-state index >= 15 is 0 Å². The third-order valence-corrected chi connectivity index (χ3v) is 6.88. The number of esters is 1. The molecule has 0 bridgehead atoms. The van der Waals surface area contributed by atoms with E-state index in [9.17, 15) is 14.7 Å². The average Bonchev–Trinajstić information content (AvgIpc) is 3.19. The molecule has 0 amide bonds. The molecular weight excluding hydrogens is 508 g/mol. The molecule has 4 rings (SSSR count). The molecule has 9 nitrogen and oxygen atoms in total. The van der Waals surface area contributed by atoms with Crippen molar-refractivity contribution in [3.8, 4) is 23.0 Å². The van der Waals surface area contributed by atoms with Crippen molar-refractivity contribution in [1.29, 1.82) is 0 Å². The zero-order chi connectivity index (χ0) is 27.4. The molecule has 1 aliphatic rings. The van der Waals surface area contributed by atoms with E-state index in [1.165, 1.54) is 29.1 Å². The molecule has 200 valence electrons. The van der Waals surface area contributed by atoms with Crippen molar-refractivity contribution in [3.63, 3.8) is 0 Å². The summed E-state index contributed by atoms with van der Waals surface area (Å²) in [5, 5.41) is 9.93. The number of nitrogens with zero attached hydrogens (tertiary/aromatic N) is 2. The quantitative estimate of drug-likeness (QED) is 0.417. The number of ether oxygens (including phenoxy) is 4. The first-order chi connectivity index (χ1) is 18.3. The highest BCUT2D eigenvalue weighted by Gasteiger charge is 2.34. The first kappa shape index (κ1) is 27.0. The van der Waals surface area contributed by atoms with Crippen molar-refractivity contribution in [2.24, 2.45) is 4.99 Å². The fourth-order valence-electron chi connectivity index (χ4n) is 4.28. The highest BCUT2D eigenvalue weighted by atomic mass is 32.1. The van der Waals surface area contributed by atoms with E-state index in [0.29, 0.717) is 56.6 Å². The van der Waals surface area contributed by atoms with Gasteiger partial charge in [0.15, 0.2) is 27.8 Å². The molecule has 1 atom stereocenters. The molecule has 38 heavy (non-hydrogen) atoms. The molecule has 3 aromatic rings. The van der Waals surface area contributed by atoms with Crippen LogP contribution in [0.1, 0.15) is 44.9 Å². The van der Waals surface area contributed by atoms with Gasteiger partial charge in [-0.15, -0.1) is 0 Å². The molecule has 2 aromatic carbocycles. The summed E-state index contributed by atoms with van der Waals surface area (Å²) in [5.74, 6) is 0.848. The van der Waals surface area contributed by atoms with E-state index in [0.717, 1.165) is 0 Å². The molecule has 0 saturated carbocycles. The Balaban J connectivity index is 1.94. The Morgan fingerprint density at radius 1 is 1.05 bits per heavy atom. The number of aromatic nitrogens is 1. The first-order valence-corrected chi connectivity index (χ1v) is 13.1. The molecule has 0 spiro atoms. The second-order valence-electron chi connectivity index (χ2n) is 8.31. The largest absolute Gasteiger partial charge is 0.504 e. The fourth-order valence-corrected chi connectivity index (χ4v) is 5.33. The van der Waals surface area contributed by atoms with Gasteiger partial charge in [0.05, 0.1) is 48.8 Å². The van der Waals surface area contributed by atoms with Crippen LogP contribution in [0.15, 0.2) is 57.5 Å². The van der Waals surface area contributed by atoms with Crippen molar-refractivity contribution < 1.29 is 28.8 Å². The smallest absolute Gasteiger partial charge is 0.338 e. The van der Waals surface area contributed by atoms with Crippen molar-refractivity contribution in [3.05, 3.63) is 78.5 Å². The SMILES string of the molecule is CCOC(=O)C1=C(C)N=c2s/c(=C\c3ccc(O)c(OC)c3)c(=O)n2C1c1ccc(OCC)c(OCC)c1. The van der Waals surface area contributed by atoms with Gasteiger partial charge < -0.3 is 24.1 Å². The maximum absolute atomic E-state index is 13.8. The summed E-state index contributed by atoms with van der Waals surface area (Å²) in [7, 11) is 1.46. The van der Waals surface area contributed by atoms with Gasteiger partial charge in [-0.2, -0.15) is 0 Å². The number of aromatic hydroxyl groups is 1. The van der Waals surface area contributed by atoms with Crippen LogP contribution in [0.4, 0.5) is 0 Å². The van der Waals surface area contributed by atoms with Crippen LogP contribution >= 0.6 is 11.3 Å². The fraction of sp³-hybridized carbons (Fsp3) is 0.321. The Labute approximate surface area is 223 Å². The summed E-state index contributed by atoms with van der Waals surface area (Å²) in [6.07, 6.45) is 1.70. The van der Waals surface area contributed by atoms with Crippen molar-refractivity contribution in [2.75, 3.05) is 26.9 Å². The lowest BCUT2D eigenvalue weighted by atomic mass is 9.95. The van der Waals surface area contributed by atoms with E-state index in [2.05, 4.69) is 4.99 Å². The summed E-state index contributed by atoms with van der Waals surface area (Å²) in [6.45, 7) is 8.29. The summed E-state index contributed by atoms with van der Waals surface area (Å²) in [6, 6.07) is 9.43. The van der Waals surface area contributed by atoms with Gasteiger partial charge in [0.2, 0.25) is 0 Å². The lowest BCUT2D eigenvalue weighted by molar-refractivity contribution is -0.139. The van der Waals surface area contributed by atoms with Gasteiger partial charge in [0, 0.05) is 0 Å². The lowest BCUT2D eigenvalue weighted by Gasteiger charge is -2.25. The minimum absolute atomic E-state index is 0.00131. The number of hydrogen-bond acceptors (Lipinski definition) is 9. The standard InChI is InChI=1S/C28H30N2O7S/c1-6-35-20-12-10-18(15-22(20)36-7-2)25-24(27(33)37-8-3)16(4)29-28-30(25)26(32)23(38-28)14-17-9-11-19(31)21(13-17)34-5/h9-15,25,31H,6-8H2,1-5H3/b23-14-. The second kappa shape index (κ2) is 11.6. The van der Waals surface area contributed by atoms with E-state index in [4.69, 9.17) is 18.9 Å². The topological polar surface area (TPSA) is 109 Å². The number of thiazole rings is 1. The molecule has 0 radical (unpaired) electrons. The number of phenolic OH excluding ortho intramolecular Hbond substituents is 1. The van der Waals surface area contributed by atoms with Gasteiger partial charge in [0.1, 0.15) is 0 Å². The number of allylic oxidation sites excluding steroid dienone is 1. The first-order valence-electron chi connectivity index (χ1n) is 12.3. The molecule has 2 heterocycles. The number of phenols is 1. The number of benzene rings is 2. The van der Waals surface area contributed by atoms with Crippen LogP contribution < -0.4 is 29.1 Å². The Hall–Kier alpha value is -4.05. The van der Waals surface area contributed by atoms with Crippen molar-refractivity contribution in [2.45, 2.75) is 33.7 Å². The highest BCUT2D eigenvalue weighted by Crippen LogP contribution is 2.36. The average molecular weight is 539 g/mol. The maximum atomic E-state index is 13.8. The summed E-state index contributed by atoms with van der Waals surface area (Å²) in [4.78, 5) is 32.0. The van der Waals surface area contributed by atoms with Crippen molar-refractivity contribution in [1.82, 2.24) is 4.57 Å². The molecule has 1 N–H and O–H groups in total. The van der Waals surface area contributed by atoms with Gasteiger partial charge in [-0.3, -0.25) is 9.36 Å². The van der Waals surface area contributed by atoms with Gasteiger partial charge in [-0.05, 0) is 69.2 Å². The van der Waals surface area contributed by atoms with E-state index in [1.54, 1.807) is 44.2 Å². The summed E-state index contributed by atoms with van der Waals surface area (Å²) >= 11 is 1.21. The second-order valence-corrected chi connectivity index (χ2v) is 9.31. The molecule has 0 aliphatic carbocycles. The Morgan fingerprint density at radius 3 is 2.47 bits per heavy atom. The van der Waals surface area contributed by atoms with Gasteiger partial charge >= 0.3 is 5.97 Å². The summed E-state index contributed by atoms with van der Waals surface area (Å²) in [5.41, 5.74) is 1.77. The predicted molar refractivity (Wildman–Crippen MR) is 144 cm³/mol. The van der Waals surface area contributed by atoms with Crippen LogP contribution in [0.2, 0.25) is 0 Å². The number of rotatable bonds is 9. The predicted octanol–water partition coefficient (Wildman–Crippen LogP) is 3.31. The minimum atomic E-state index is -0.781. The molecule has 1 unspecified atom stereocenters. The normalized spacial score (nSPS) is 15.1. The molecule has 0 fully saturated rings. The monoisotopic (exact) mass is 538 g/mol. The number of hydrogen-bond donors (Lipinski definition) is 1. The number of fused-ring (bicyclic) bond motifs is 1. The number of methoxy groups -OCH3 is 1. The number of carbonyl (C=O) groups excluding carboxylic acids is 1. The van der Waals surface area contributed by atoms with Crippen LogP contribution in [0, 0.1) is 0 Å². The van der Waals surface area contributed by atoms with Gasteiger partial charge in [-0.1, -0.05) is 23.5 Å². The molecule has 0 saturated heterocycles. The lowest BCUT2D eigenvalue weighted by Crippen LogP contribution is -2.40. The van der Waals surface area contributed by atoms with Crippen LogP contribution in [0.25, 0.3) is 6.08 Å². The molecule has 10 heteroatoms. The van der Waals surface area contributed by atoms with Crippen LogP contribution in [0.5, 0.6) is 23.0 Å². The van der Waals surface area contributed by atoms with Gasteiger partial charge in [0.25, 0.3) is 5.56 Å². The molecule has 1 aliphatic heterocycles. The van der Waals surface area contributed by atoms with Crippen molar-refractivity contribution >= 4 is 23.4 Å². The van der Waals surface area contributed by atoms with Crippen LogP contribution in [-0.4, -0.2) is 42.6 Å². The third kappa shape index (κ3) is 5.17. The van der Waals surface area contributed by atoms with E-state index in [-0.39, 0.29) is 23.5 Å². The molecular formula is C28H30N2O7S. The summed E-state index contributed by atoms with van der Waals surface area (Å²) < 4.78 is 24.0. The van der Waals surface area contributed by atoms with E-state index < -0.39 is 12.0 Å². The minimum Gasteiger partial charge on any atom is -0.504 e. The number of carbonyl (C=O) groups is 1. The maximum Gasteiger partial charge on any atom is 0.338 e. The zero-order valence-corrected chi connectivity index (χ0v) is 22.8. The highest BCUT2D eigenvalue weighted by molar-refractivity contribution is 7.07. The third-order valence-electron chi connectivity index (χ3n) is 5.90. The van der Waals surface area contributed by atoms with Crippen LogP contribution in [0.3, 0.4) is 0 Å². The van der Waals surface area contributed by atoms with Gasteiger partial charge in [-0.25, -0.2) is 9.79 Å². The zero-order valence-electron chi connectivity index (χ0n) is 21.9. The Bertz CT molecular complexity index is 1570. The Kier molecular flexibility index (Phi) is 8.21. The van der Waals surface area contributed by atoms with Crippen LogP contribution in [-0.2, 0) is 9.53 Å². The Morgan fingerprint density at radius 2 is 1.79 bits per heavy atom. The van der Waals surface area contributed by atoms with E-state index in [1.807, 2.05) is 19.9 Å².